The van der Waals surface area contributed by atoms with Crippen molar-refractivity contribution in [3.8, 4) is 5.75 Å². The number of rotatable bonds is 4. The van der Waals surface area contributed by atoms with E-state index in [0.29, 0.717) is 16.9 Å². The van der Waals surface area contributed by atoms with Crippen LogP contribution in [0.5, 0.6) is 5.75 Å². The van der Waals surface area contributed by atoms with Crippen molar-refractivity contribution < 1.29 is 13.9 Å². The predicted molar refractivity (Wildman–Crippen MR) is 79.6 cm³/mol. The fraction of sp³-hybridized carbons (Fsp3) is 0.188. The highest BCUT2D eigenvalue weighted by molar-refractivity contribution is 6.00. The van der Waals surface area contributed by atoms with Crippen LogP contribution in [0.2, 0.25) is 0 Å². The molecule has 2 aromatic rings. The number of nitrogens with zero attached hydrogens (tertiary/aromatic N) is 1. The molecule has 0 heterocycles. The highest BCUT2D eigenvalue weighted by Gasteiger charge is 2.18. The largest absolute Gasteiger partial charge is 0.495 e. The number of hydrogen-bond donors (Lipinski definition) is 1. The lowest BCUT2D eigenvalue weighted by molar-refractivity contribution is 0.0784. The molecule has 110 valence electrons. The summed E-state index contributed by atoms with van der Waals surface area (Å²) in [4.78, 5) is 13.8. The van der Waals surface area contributed by atoms with Gasteiger partial charge in [-0.3, -0.25) is 4.79 Å². The van der Waals surface area contributed by atoms with Crippen molar-refractivity contribution in [1.82, 2.24) is 4.90 Å². The molecule has 0 unspecified atom stereocenters. The molecule has 21 heavy (non-hydrogen) atoms. The van der Waals surface area contributed by atoms with E-state index >= 15 is 0 Å². The van der Waals surface area contributed by atoms with Crippen molar-refractivity contribution >= 4 is 11.6 Å². The Kier molecular flexibility index (Phi) is 4.42. The Balaban J connectivity index is 2.22. The lowest BCUT2D eigenvalue weighted by Gasteiger charge is -2.19. The first-order valence-corrected chi connectivity index (χ1v) is 6.46. The SMILES string of the molecule is COc1cccc(C(=O)N(C)Cc2ccccc2F)c1N. The lowest BCUT2D eigenvalue weighted by atomic mass is 10.1. The third kappa shape index (κ3) is 3.13. The number of carbonyl (C=O) groups is 1. The fourth-order valence-electron chi connectivity index (χ4n) is 2.07. The normalized spacial score (nSPS) is 10.2. The van der Waals surface area contributed by atoms with Crippen LogP contribution in [0.15, 0.2) is 42.5 Å². The number of anilines is 1. The monoisotopic (exact) mass is 288 g/mol. The van der Waals surface area contributed by atoms with E-state index in [4.69, 9.17) is 10.5 Å². The van der Waals surface area contributed by atoms with Crippen LogP contribution in [0.3, 0.4) is 0 Å². The fourth-order valence-corrected chi connectivity index (χ4v) is 2.07. The molecule has 5 heteroatoms. The second-order valence-corrected chi connectivity index (χ2v) is 4.67. The summed E-state index contributed by atoms with van der Waals surface area (Å²) in [5.41, 5.74) is 6.99. The maximum atomic E-state index is 13.6. The first-order valence-electron chi connectivity index (χ1n) is 6.46. The summed E-state index contributed by atoms with van der Waals surface area (Å²) in [6.07, 6.45) is 0. The van der Waals surface area contributed by atoms with Crippen LogP contribution in [0, 0.1) is 5.82 Å². The first-order chi connectivity index (χ1) is 10.0. The molecule has 0 aromatic heterocycles. The maximum Gasteiger partial charge on any atom is 0.256 e. The number of ether oxygens (including phenoxy) is 1. The van der Waals surface area contributed by atoms with E-state index in [1.807, 2.05) is 0 Å². The topological polar surface area (TPSA) is 55.6 Å². The second-order valence-electron chi connectivity index (χ2n) is 4.67. The van der Waals surface area contributed by atoms with Crippen LogP contribution < -0.4 is 10.5 Å². The molecule has 0 aliphatic carbocycles. The van der Waals surface area contributed by atoms with Gasteiger partial charge in [-0.05, 0) is 18.2 Å². The van der Waals surface area contributed by atoms with Gasteiger partial charge in [-0.1, -0.05) is 24.3 Å². The Morgan fingerprint density at radius 3 is 2.62 bits per heavy atom. The zero-order chi connectivity index (χ0) is 15.4. The van der Waals surface area contributed by atoms with Crippen molar-refractivity contribution in [1.29, 1.82) is 0 Å². The molecule has 0 saturated heterocycles. The van der Waals surface area contributed by atoms with Crippen LogP contribution >= 0.6 is 0 Å². The Bertz CT molecular complexity index is 658. The van der Waals surface area contributed by atoms with Gasteiger partial charge in [-0.2, -0.15) is 0 Å². The van der Waals surface area contributed by atoms with Gasteiger partial charge in [0, 0.05) is 19.2 Å². The van der Waals surface area contributed by atoms with Crippen molar-refractivity contribution in [2.24, 2.45) is 0 Å². The van der Waals surface area contributed by atoms with E-state index in [-0.39, 0.29) is 24.0 Å². The molecule has 4 nitrogen and oxygen atoms in total. The van der Waals surface area contributed by atoms with Gasteiger partial charge < -0.3 is 15.4 Å². The van der Waals surface area contributed by atoms with Gasteiger partial charge in [0.1, 0.15) is 11.6 Å². The van der Waals surface area contributed by atoms with E-state index in [9.17, 15) is 9.18 Å². The number of amides is 1. The molecule has 2 rings (SSSR count). The first kappa shape index (κ1) is 14.8. The highest BCUT2D eigenvalue weighted by Crippen LogP contribution is 2.26. The van der Waals surface area contributed by atoms with Crippen molar-refractivity contribution in [2.45, 2.75) is 6.54 Å². The quantitative estimate of drug-likeness (QED) is 0.880. The summed E-state index contributed by atoms with van der Waals surface area (Å²) >= 11 is 0. The average Bonchev–Trinajstić information content (AvgIpc) is 2.49. The number of halogens is 1. The van der Waals surface area contributed by atoms with Gasteiger partial charge in [-0.25, -0.2) is 4.39 Å². The molecular weight excluding hydrogens is 271 g/mol. The van der Waals surface area contributed by atoms with Gasteiger partial charge >= 0.3 is 0 Å². The van der Waals surface area contributed by atoms with Gasteiger partial charge in [0.2, 0.25) is 0 Å². The van der Waals surface area contributed by atoms with E-state index in [1.54, 1.807) is 43.4 Å². The summed E-state index contributed by atoms with van der Waals surface area (Å²) < 4.78 is 18.7. The van der Waals surface area contributed by atoms with Gasteiger partial charge in [0.25, 0.3) is 5.91 Å². The third-order valence-electron chi connectivity index (χ3n) is 3.23. The summed E-state index contributed by atoms with van der Waals surface area (Å²) in [6, 6.07) is 11.4. The van der Waals surface area contributed by atoms with Gasteiger partial charge in [0.05, 0.1) is 18.4 Å². The molecule has 2 N–H and O–H groups in total. The maximum absolute atomic E-state index is 13.6. The third-order valence-corrected chi connectivity index (χ3v) is 3.23. The standard InChI is InChI=1S/C16H17FN2O2/c1-19(10-11-6-3-4-8-13(11)17)16(20)12-7-5-9-14(21-2)15(12)18/h3-9H,10,18H2,1-2H3. The molecule has 2 aromatic carbocycles. The predicted octanol–water partition coefficient (Wildman–Crippen LogP) is 2.69. The van der Waals surface area contributed by atoms with Gasteiger partial charge in [-0.15, -0.1) is 0 Å². The number of methoxy groups -OCH3 is 1. The zero-order valence-electron chi connectivity index (χ0n) is 12.0. The van der Waals surface area contributed by atoms with E-state index in [0.717, 1.165) is 0 Å². The number of para-hydroxylation sites is 1. The molecule has 0 fully saturated rings. The molecule has 0 spiro atoms. The number of hydrogen-bond acceptors (Lipinski definition) is 3. The van der Waals surface area contributed by atoms with Crippen LogP contribution in [0.4, 0.5) is 10.1 Å². The number of nitrogens with two attached hydrogens (primary N) is 1. The minimum Gasteiger partial charge on any atom is -0.495 e. The molecule has 0 atom stereocenters. The van der Waals surface area contributed by atoms with Crippen LogP contribution in [0.1, 0.15) is 15.9 Å². The van der Waals surface area contributed by atoms with Crippen LogP contribution in [-0.2, 0) is 6.54 Å². The van der Waals surface area contributed by atoms with Gasteiger partial charge in [0.15, 0.2) is 0 Å². The number of carbonyl (C=O) groups excluding carboxylic acids is 1. The minimum atomic E-state index is -0.337. The van der Waals surface area contributed by atoms with E-state index in [1.165, 1.54) is 18.1 Å². The van der Waals surface area contributed by atoms with E-state index < -0.39 is 0 Å². The number of benzene rings is 2. The van der Waals surface area contributed by atoms with Crippen molar-refractivity contribution in [3.05, 3.63) is 59.4 Å². The Labute approximate surface area is 122 Å². The van der Waals surface area contributed by atoms with Crippen LogP contribution in [-0.4, -0.2) is 25.0 Å². The molecule has 0 aliphatic heterocycles. The summed E-state index contributed by atoms with van der Waals surface area (Å²) in [5, 5.41) is 0. The Hall–Kier alpha value is -2.56. The minimum absolute atomic E-state index is 0.169. The molecule has 0 bridgehead atoms. The molecular formula is C16H17FN2O2. The summed E-state index contributed by atoms with van der Waals surface area (Å²) in [7, 11) is 3.09. The zero-order valence-corrected chi connectivity index (χ0v) is 12.0. The summed E-state index contributed by atoms with van der Waals surface area (Å²) in [5.74, 6) is -0.175. The highest BCUT2D eigenvalue weighted by atomic mass is 19.1. The van der Waals surface area contributed by atoms with E-state index in [2.05, 4.69) is 0 Å². The Morgan fingerprint density at radius 2 is 1.95 bits per heavy atom. The van der Waals surface area contributed by atoms with Crippen LogP contribution in [0.25, 0.3) is 0 Å². The Morgan fingerprint density at radius 1 is 1.24 bits per heavy atom. The average molecular weight is 288 g/mol. The summed E-state index contributed by atoms with van der Waals surface area (Å²) in [6.45, 7) is 0.169. The molecule has 1 amide bonds. The number of nitrogen functional groups attached to an aromatic ring is 1. The second kappa shape index (κ2) is 6.26. The van der Waals surface area contributed by atoms with Crippen molar-refractivity contribution in [3.63, 3.8) is 0 Å². The van der Waals surface area contributed by atoms with Crippen molar-refractivity contribution in [2.75, 3.05) is 19.9 Å². The molecule has 0 aliphatic rings. The molecule has 0 saturated carbocycles. The smallest absolute Gasteiger partial charge is 0.256 e. The lowest BCUT2D eigenvalue weighted by Crippen LogP contribution is -2.27. The molecule has 0 radical (unpaired) electrons.